The van der Waals surface area contributed by atoms with Crippen molar-refractivity contribution in [3.8, 4) is 11.4 Å². The van der Waals surface area contributed by atoms with Crippen molar-refractivity contribution in [1.82, 2.24) is 29.9 Å². The summed E-state index contributed by atoms with van der Waals surface area (Å²) in [5, 5.41) is 13.3. The molecule has 0 saturated carbocycles. The summed E-state index contributed by atoms with van der Waals surface area (Å²) in [6, 6.07) is 8.26. The van der Waals surface area contributed by atoms with E-state index in [4.69, 9.17) is 4.74 Å². The van der Waals surface area contributed by atoms with Gasteiger partial charge in [0.05, 0.1) is 49.0 Å². The summed E-state index contributed by atoms with van der Waals surface area (Å²) in [4.78, 5) is 30.7. The molecule has 0 bridgehead atoms. The van der Waals surface area contributed by atoms with Crippen LogP contribution in [0.4, 0.5) is 27.5 Å². The fraction of sp³-hybridized carbons (Fsp3) is 0.208. The number of phenolic OH excluding ortho intramolecular Hbond substituents is 1. The normalized spacial score (nSPS) is 13.3. The van der Waals surface area contributed by atoms with Gasteiger partial charge in [-0.3, -0.25) is 15.6 Å². The number of hydrogen-bond acceptors (Lipinski definition) is 10. The van der Waals surface area contributed by atoms with E-state index in [2.05, 4.69) is 36.1 Å². The van der Waals surface area contributed by atoms with Crippen LogP contribution in [0.2, 0.25) is 0 Å². The average Bonchev–Trinajstić information content (AvgIpc) is 3.35. The highest BCUT2D eigenvalue weighted by Crippen LogP contribution is 2.25. The van der Waals surface area contributed by atoms with E-state index in [1.807, 2.05) is 19.2 Å². The molecule has 0 aliphatic carbocycles. The molecule has 13 heteroatoms. The molecule has 1 aromatic carbocycles. The molecule has 190 valence electrons. The van der Waals surface area contributed by atoms with Crippen LogP contribution in [0.1, 0.15) is 16.2 Å². The molecule has 1 amide bonds. The smallest absolute Gasteiger partial charge is 0.288 e. The van der Waals surface area contributed by atoms with E-state index in [1.54, 1.807) is 34.0 Å². The van der Waals surface area contributed by atoms with Gasteiger partial charge in [-0.2, -0.15) is 4.98 Å². The summed E-state index contributed by atoms with van der Waals surface area (Å²) >= 11 is 0. The number of anilines is 4. The van der Waals surface area contributed by atoms with Gasteiger partial charge in [0.2, 0.25) is 5.95 Å². The topological polar surface area (TPSA) is 142 Å². The van der Waals surface area contributed by atoms with Crippen molar-refractivity contribution in [3.05, 3.63) is 72.5 Å². The Morgan fingerprint density at radius 3 is 2.65 bits per heavy atom. The lowest BCUT2D eigenvalue weighted by molar-refractivity contribution is 0.0957. The van der Waals surface area contributed by atoms with Gasteiger partial charge >= 0.3 is 0 Å². The van der Waals surface area contributed by atoms with Crippen molar-refractivity contribution in [1.29, 1.82) is 0 Å². The summed E-state index contributed by atoms with van der Waals surface area (Å²) < 4.78 is 21.3. The Morgan fingerprint density at radius 2 is 1.92 bits per heavy atom. The van der Waals surface area contributed by atoms with Crippen LogP contribution in [-0.2, 0) is 4.74 Å². The molecule has 1 aliphatic rings. The first-order valence-electron chi connectivity index (χ1n) is 11.4. The van der Waals surface area contributed by atoms with Crippen molar-refractivity contribution in [2.45, 2.75) is 6.92 Å². The quantitative estimate of drug-likeness (QED) is 0.277. The molecule has 0 radical (unpaired) electrons. The Morgan fingerprint density at radius 1 is 1.08 bits per heavy atom. The molecule has 3 aromatic heterocycles. The minimum absolute atomic E-state index is 0.0438. The summed E-state index contributed by atoms with van der Waals surface area (Å²) in [6.07, 6.45) is 6.05. The van der Waals surface area contributed by atoms with Crippen LogP contribution in [-0.4, -0.2) is 61.8 Å². The minimum Gasteiger partial charge on any atom is -0.508 e. The number of nitrogens with one attached hydrogen (secondary N) is 3. The molecule has 0 unspecified atom stereocenters. The summed E-state index contributed by atoms with van der Waals surface area (Å²) in [5.74, 6) is -0.810. The number of aromatic hydroxyl groups is 1. The summed E-state index contributed by atoms with van der Waals surface area (Å²) in [5.41, 5.74) is 8.03. The van der Waals surface area contributed by atoms with Gasteiger partial charge in [0, 0.05) is 37.1 Å². The maximum atomic E-state index is 14.2. The monoisotopic (exact) mass is 505 g/mol. The average molecular weight is 506 g/mol. The number of carbonyl (C=O) groups excluding carboxylic acids is 1. The van der Waals surface area contributed by atoms with Crippen LogP contribution in [0.5, 0.6) is 5.75 Å². The van der Waals surface area contributed by atoms with Gasteiger partial charge in [-0.1, -0.05) is 0 Å². The number of morpholine rings is 1. The number of benzene rings is 1. The number of aromatic nitrogens is 5. The maximum Gasteiger partial charge on any atom is 0.288 e. The van der Waals surface area contributed by atoms with Crippen molar-refractivity contribution in [2.24, 2.45) is 0 Å². The molecule has 37 heavy (non-hydrogen) atoms. The van der Waals surface area contributed by atoms with Crippen LogP contribution in [0.25, 0.3) is 5.69 Å². The summed E-state index contributed by atoms with van der Waals surface area (Å²) in [7, 11) is 0. The predicted octanol–water partition coefficient (Wildman–Crippen LogP) is 2.55. The number of pyridine rings is 1. The van der Waals surface area contributed by atoms with E-state index in [9.17, 15) is 14.3 Å². The van der Waals surface area contributed by atoms with Crippen molar-refractivity contribution in [2.75, 3.05) is 41.9 Å². The van der Waals surface area contributed by atoms with Crippen LogP contribution >= 0.6 is 0 Å². The number of rotatable bonds is 7. The number of aryl methyl sites for hydroxylation is 1. The molecule has 4 N–H and O–H groups in total. The number of hydrazine groups is 1. The van der Waals surface area contributed by atoms with Gasteiger partial charge in [-0.05, 0) is 25.1 Å². The largest absolute Gasteiger partial charge is 0.508 e. The first-order valence-corrected chi connectivity index (χ1v) is 11.4. The zero-order chi connectivity index (χ0) is 25.8. The van der Waals surface area contributed by atoms with E-state index in [1.165, 1.54) is 12.3 Å². The molecular formula is C24H24FN9O3. The minimum atomic E-state index is -0.553. The molecule has 4 aromatic rings. The van der Waals surface area contributed by atoms with E-state index in [0.29, 0.717) is 37.7 Å². The third kappa shape index (κ3) is 5.73. The van der Waals surface area contributed by atoms with Gasteiger partial charge < -0.3 is 24.6 Å². The predicted molar refractivity (Wildman–Crippen MR) is 134 cm³/mol. The van der Waals surface area contributed by atoms with E-state index >= 15 is 0 Å². The van der Waals surface area contributed by atoms with Gasteiger partial charge in [0.15, 0.2) is 11.6 Å². The summed E-state index contributed by atoms with van der Waals surface area (Å²) in [6.45, 7) is 3.87. The number of imidazole rings is 1. The van der Waals surface area contributed by atoms with Crippen molar-refractivity contribution < 1.29 is 19.0 Å². The Labute approximate surface area is 211 Å². The molecule has 1 fully saturated rings. The number of ether oxygens (including phenoxy) is 1. The highest BCUT2D eigenvalue weighted by atomic mass is 19.1. The van der Waals surface area contributed by atoms with Crippen LogP contribution in [0.15, 0.2) is 55.2 Å². The standard InChI is InChI=1S/C24H24FN9O3/c1-15-13-34(14-28-15)18-8-17(9-19(35)10-18)29-16-2-3-21(26-11-16)23(36)31-32-24-27-12-20(25)22(30-24)33-4-6-37-7-5-33/h2-3,8-14,29,35H,4-7H2,1H3,(H,31,36)(H,27,30,32). The van der Waals surface area contributed by atoms with Gasteiger partial charge in [-0.25, -0.2) is 19.3 Å². The molecule has 1 aliphatic heterocycles. The van der Waals surface area contributed by atoms with Crippen molar-refractivity contribution >= 4 is 29.0 Å². The number of carbonyl (C=O) groups is 1. The first kappa shape index (κ1) is 23.9. The van der Waals surface area contributed by atoms with E-state index < -0.39 is 11.7 Å². The molecule has 1 saturated heterocycles. The Balaban J connectivity index is 1.21. The molecular weight excluding hydrogens is 481 g/mol. The molecule has 12 nitrogen and oxygen atoms in total. The highest BCUT2D eigenvalue weighted by Gasteiger charge is 2.18. The lowest BCUT2D eigenvalue weighted by Gasteiger charge is -2.28. The number of amides is 1. The Bertz CT molecular complexity index is 1410. The lowest BCUT2D eigenvalue weighted by atomic mass is 10.2. The van der Waals surface area contributed by atoms with Gasteiger partial charge in [-0.15, -0.1) is 0 Å². The second-order valence-corrected chi connectivity index (χ2v) is 8.26. The molecule has 0 spiro atoms. The zero-order valence-corrected chi connectivity index (χ0v) is 19.8. The van der Waals surface area contributed by atoms with E-state index in [0.717, 1.165) is 17.6 Å². The van der Waals surface area contributed by atoms with Gasteiger partial charge in [0.25, 0.3) is 5.91 Å². The Hall–Kier alpha value is -4.78. The Kier molecular flexibility index (Phi) is 6.76. The number of phenols is 1. The third-order valence-corrected chi connectivity index (χ3v) is 5.52. The number of halogens is 1. The van der Waals surface area contributed by atoms with Gasteiger partial charge in [0.1, 0.15) is 11.4 Å². The molecule has 0 atom stereocenters. The SMILES string of the molecule is Cc1cn(-c2cc(O)cc(Nc3ccc(C(=O)NNc4ncc(F)c(N5CCOCC5)n4)nc3)c2)cn1. The van der Waals surface area contributed by atoms with Crippen LogP contribution < -0.4 is 21.1 Å². The first-order chi connectivity index (χ1) is 17.9. The maximum absolute atomic E-state index is 14.2. The van der Waals surface area contributed by atoms with Crippen LogP contribution in [0.3, 0.4) is 0 Å². The molecule has 5 rings (SSSR count). The fourth-order valence-electron chi connectivity index (χ4n) is 3.74. The lowest BCUT2D eigenvalue weighted by Crippen LogP contribution is -2.38. The third-order valence-electron chi connectivity index (χ3n) is 5.52. The number of nitrogens with zero attached hydrogens (tertiary/aromatic N) is 6. The molecule has 4 heterocycles. The van der Waals surface area contributed by atoms with Crippen molar-refractivity contribution in [3.63, 3.8) is 0 Å². The highest BCUT2D eigenvalue weighted by molar-refractivity contribution is 5.93. The van der Waals surface area contributed by atoms with Crippen LogP contribution in [0, 0.1) is 12.7 Å². The second kappa shape index (κ2) is 10.5. The fourth-order valence-corrected chi connectivity index (χ4v) is 3.74. The van der Waals surface area contributed by atoms with E-state index in [-0.39, 0.29) is 23.2 Å². The number of hydrogen-bond donors (Lipinski definition) is 4. The zero-order valence-electron chi connectivity index (χ0n) is 19.8. The second-order valence-electron chi connectivity index (χ2n) is 8.26.